The molecule has 0 aliphatic carbocycles. The largest absolute Gasteiger partial charge is 0.325 e. The summed E-state index contributed by atoms with van der Waals surface area (Å²) in [5, 5.41) is 12.7. The van der Waals surface area contributed by atoms with E-state index in [9.17, 15) is 4.79 Å². The first-order valence-electron chi connectivity index (χ1n) is 14.1. The van der Waals surface area contributed by atoms with E-state index in [1.807, 2.05) is 53.1 Å². The Morgan fingerprint density at radius 1 is 0.909 bits per heavy atom. The molecule has 44 heavy (non-hydrogen) atoms. The van der Waals surface area contributed by atoms with Crippen molar-refractivity contribution in [2.75, 3.05) is 11.1 Å². The molecule has 0 fully saturated rings. The molecular formula is C34H30BrN5OS3. The lowest BCUT2D eigenvalue weighted by Gasteiger charge is -2.19. The van der Waals surface area contributed by atoms with Crippen LogP contribution in [0.25, 0.3) is 27.3 Å². The van der Waals surface area contributed by atoms with Gasteiger partial charge in [0.15, 0.2) is 15.3 Å². The molecule has 6 rings (SSSR count). The van der Waals surface area contributed by atoms with E-state index in [1.54, 1.807) is 23.1 Å². The predicted molar refractivity (Wildman–Crippen MR) is 188 cm³/mol. The molecule has 1 N–H and O–H groups in total. The van der Waals surface area contributed by atoms with Crippen LogP contribution in [-0.2, 0) is 16.0 Å². The van der Waals surface area contributed by atoms with E-state index in [4.69, 9.17) is 4.98 Å². The van der Waals surface area contributed by atoms with Crippen LogP contribution in [-0.4, -0.2) is 31.4 Å². The molecule has 0 aliphatic heterocycles. The molecule has 0 saturated carbocycles. The number of benzene rings is 4. The summed E-state index contributed by atoms with van der Waals surface area (Å²) in [5.74, 6) is 1.68. The maximum atomic E-state index is 13.1. The van der Waals surface area contributed by atoms with Gasteiger partial charge in [0.05, 0.1) is 16.0 Å². The maximum absolute atomic E-state index is 13.1. The summed E-state index contributed by atoms with van der Waals surface area (Å²) in [7, 11) is 0. The van der Waals surface area contributed by atoms with E-state index in [1.165, 1.54) is 22.9 Å². The molecule has 0 bridgehead atoms. The Balaban J connectivity index is 1.14. The number of fused-ring (bicyclic) bond motifs is 1. The highest BCUT2D eigenvalue weighted by atomic mass is 79.9. The zero-order valence-corrected chi connectivity index (χ0v) is 28.5. The summed E-state index contributed by atoms with van der Waals surface area (Å²) in [4.78, 5) is 17.8. The third kappa shape index (κ3) is 7.26. The number of rotatable bonds is 9. The lowest BCUT2D eigenvalue weighted by molar-refractivity contribution is -0.113. The normalized spacial score (nSPS) is 11.6. The Morgan fingerprint density at radius 3 is 2.39 bits per heavy atom. The fourth-order valence-electron chi connectivity index (χ4n) is 4.58. The molecule has 6 nitrogen and oxygen atoms in total. The molecule has 0 aliphatic rings. The maximum Gasteiger partial charge on any atom is 0.234 e. The van der Waals surface area contributed by atoms with Crippen LogP contribution in [0.4, 0.5) is 5.69 Å². The van der Waals surface area contributed by atoms with Crippen molar-refractivity contribution in [2.24, 2.45) is 0 Å². The lowest BCUT2D eigenvalue weighted by Crippen LogP contribution is -2.14. The molecule has 2 heterocycles. The number of para-hydroxylation sites is 1. The van der Waals surface area contributed by atoms with Crippen LogP contribution >= 0.6 is 50.8 Å². The van der Waals surface area contributed by atoms with Crippen molar-refractivity contribution in [3.63, 3.8) is 0 Å². The van der Waals surface area contributed by atoms with Gasteiger partial charge in [-0.25, -0.2) is 4.98 Å². The van der Waals surface area contributed by atoms with E-state index in [0.717, 1.165) is 47.5 Å². The van der Waals surface area contributed by atoms with Gasteiger partial charge in [-0.15, -0.1) is 21.5 Å². The molecule has 10 heteroatoms. The zero-order chi connectivity index (χ0) is 30.7. The topological polar surface area (TPSA) is 72.7 Å². The van der Waals surface area contributed by atoms with Gasteiger partial charge in [0.2, 0.25) is 5.91 Å². The Hall–Kier alpha value is -3.44. The van der Waals surface area contributed by atoms with Crippen LogP contribution in [0, 0.1) is 0 Å². The zero-order valence-electron chi connectivity index (χ0n) is 24.5. The number of halogens is 1. The quantitative estimate of drug-likeness (QED) is 0.152. The highest BCUT2D eigenvalue weighted by molar-refractivity contribution is 9.10. The van der Waals surface area contributed by atoms with Gasteiger partial charge in [-0.2, -0.15) is 0 Å². The number of thioether (sulfide) groups is 2. The number of carbonyl (C=O) groups excluding carboxylic acids is 1. The number of anilines is 1. The Morgan fingerprint density at radius 2 is 1.66 bits per heavy atom. The van der Waals surface area contributed by atoms with Crippen LogP contribution in [0.15, 0.2) is 111 Å². The molecule has 2 aromatic heterocycles. The molecule has 0 unspecified atom stereocenters. The van der Waals surface area contributed by atoms with E-state index in [2.05, 4.69) is 101 Å². The number of amides is 1. The van der Waals surface area contributed by atoms with E-state index in [-0.39, 0.29) is 17.1 Å². The Labute approximate surface area is 277 Å². The number of nitrogens with one attached hydrogen (secondary N) is 1. The van der Waals surface area contributed by atoms with Crippen LogP contribution in [0.1, 0.15) is 31.9 Å². The van der Waals surface area contributed by atoms with E-state index < -0.39 is 0 Å². The number of carbonyl (C=O) groups is 1. The van der Waals surface area contributed by atoms with Gasteiger partial charge in [-0.3, -0.25) is 9.36 Å². The van der Waals surface area contributed by atoms with Crippen molar-refractivity contribution in [2.45, 2.75) is 41.4 Å². The van der Waals surface area contributed by atoms with Gasteiger partial charge in [0, 0.05) is 27.2 Å². The van der Waals surface area contributed by atoms with Crippen molar-refractivity contribution in [1.82, 2.24) is 19.7 Å². The van der Waals surface area contributed by atoms with Crippen molar-refractivity contribution in [1.29, 1.82) is 0 Å². The monoisotopic (exact) mass is 699 g/mol. The second-order valence-electron chi connectivity index (χ2n) is 11.2. The second-order valence-corrected chi connectivity index (χ2v) is 15.3. The smallest absolute Gasteiger partial charge is 0.234 e. The Kier molecular flexibility index (Phi) is 9.23. The van der Waals surface area contributed by atoms with Crippen LogP contribution in [0.5, 0.6) is 0 Å². The highest BCUT2D eigenvalue weighted by Gasteiger charge is 2.19. The van der Waals surface area contributed by atoms with Gasteiger partial charge >= 0.3 is 0 Å². The highest BCUT2D eigenvalue weighted by Crippen LogP contribution is 2.34. The lowest BCUT2D eigenvalue weighted by atomic mass is 9.87. The summed E-state index contributed by atoms with van der Waals surface area (Å²) < 4.78 is 5.13. The second kappa shape index (κ2) is 13.3. The number of hydrogen-bond acceptors (Lipinski definition) is 7. The standard InChI is InChI=1S/C34H30BrN5OS3/c1-34(2,3)24-13-11-23(12-14-24)31-38-39-32(40(31)27-7-5-4-6-8-27)42-21-30(41)36-26-17-18-28-29(19-26)44-33(37-28)43-20-22-9-15-25(35)16-10-22/h4-19H,20-21H2,1-3H3,(H,36,41). The van der Waals surface area contributed by atoms with Gasteiger partial charge in [-0.05, 0) is 59.0 Å². The summed E-state index contributed by atoms with van der Waals surface area (Å²) in [5.41, 5.74) is 6.16. The van der Waals surface area contributed by atoms with Gasteiger partial charge in [0.1, 0.15) is 0 Å². The SMILES string of the molecule is CC(C)(C)c1ccc(-c2nnc(SCC(=O)Nc3ccc4nc(SCc5ccc(Br)cc5)sc4c3)n2-c2ccccc2)cc1. The number of nitrogens with zero attached hydrogens (tertiary/aromatic N) is 4. The van der Waals surface area contributed by atoms with Crippen molar-refractivity contribution < 1.29 is 4.79 Å². The van der Waals surface area contributed by atoms with Crippen molar-refractivity contribution >= 4 is 72.6 Å². The molecule has 0 atom stereocenters. The molecule has 222 valence electrons. The van der Waals surface area contributed by atoms with Crippen LogP contribution in [0.3, 0.4) is 0 Å². The van der Waals surface area contributed by atoms with Crippen molar-refractivity contribution in [3.8, 4) is 17.1 Å². The average molecular weight is 701 g/mol. The fourth-order valence-corrected chi connectivity index (χ4v) is 7.66. The van der Waals surface area contributed by atoms with Crippen molar-refractivity contribution in [3.05, 3.63) is 113 Å². The van der Waals surface area contributed by atoms with Crippen LogP contribution in [0.2, 0.25) is 0 Å². The van der Waals surface area contributed by atoms with E-state index >= 15 is 0 Å². The molecule has 0 spiro atoms. The minimum absolute atomic E-state index is 0.0617. The third-order valence-electron chi connectivity index (χ3n) is 6.92. The minimum atomic E-state index is -0.109. The van der Waals surface area contributed by atoms with Gasteiger partial charge in [-0.1, -0.05) is 115 Å². The number of aromatic nitrogens is 4. The summed E-state index contributed by atoms with van der Waals surface area (Å²) in [6.45, 7) is 6.60. The number of hydrogen-bond donors (Lipinski definition) is 1. The van der Waals surface area contributed by atoms with Gasteiger partial charge < -0.3 is 5.32 Å². The first kappa shape index (κ1) is 30.6. The molecule has 4 aromatic carbocycles. The third-order valence-corrected chi connectivity index (χ3v) is 10.6. The molecule has 6 aromatic rings. The fraction of sp³-hybridized carbons (Fsp3) is 0.176. The number of thiazole rings is 1. The summed E-state index contributed by atoms with van der Waals surface area (Å²) in [6, 6.07) is 32.7. The molecular weight excluding hydrogens is 671 g/mol. The first-order valence-corrected chi connectivity index (χ1v) is 17.6. The molecule has 1 amide bonds. The average Bonchev–Trinajstić information content (AvgIpc) is 3.63. The minimum Gasteiger partial charge on any atom is -0.325 e. The summed E-state index contributed by atoms with van der Waals surface area (Å²) in [6.07, 6.45) is 0. The molecule has 0 radical (unpaired) electrons. The van der Waals surface area contributed by atoms with Gasteiger partial charge in [0.25, 0.3) is 0 Å². The summed E-state index contributed by atoms with van der Waals surface area (Å²) >= 11 is 8.21. The first-order chi connectivity index (χ1) is 21.2. The van der Waals surface area contributed by atoms with E-state index in [0.29, 0.717) is 5.16 Å². The van der Waals surface area contributed by atoms with Crippen LogP contribution < -0.4 is 5.32 Å². The predicted octanol–water partition coefficient (Wildman–Crippen LogP) is 9.63. The Bertz CT molecular complexity index is 1900. The molecule has 0 saturated heterocycles.